The van der Waals surface area contributed by atoms with Crippen LogP contribution in [0.3, 0.4) is 0 Å². The summed E-state index contributed by atoms with van der Waals surface area (Å²) in [5, 5.41) is 10.9. The van der Waals surface area contributed by atoms with E-state index in [0.29, 0.717) is 19.8 Å². The zero-order valence-electron chi connectivity index (χ0n) is 17.2. The number of halogens is 1. The van der Waals surface area contributed by atoms with Crippen molar-refractivity contribution in [3.63, 3.8) is 0 Å². The second-order valence-electron chi connectivity index (χ2n) is 6.35. The van der Waals surface area contributed by atoms with E-state index in [2.05, 4.69) is 41.7 Å². The standard InChI is InChI=1S/C20H31N5O2.HI/c1-5-21-20(22-9-8-17-13-24-25(3)15-17)23-14-18-7-6-16(2)12-19(18)27-11-10-26-4;/h6-7,12-13,15H,5,8-11,14H2,1-4H3,(H2,21,22,23);1H. The van der Waals surface area contributed by atoms with Gasteiger partial charge < -0.3 is 20.1 Å². The molecule has 0 radical (unpaired) electrons. The molecule has 0 saturated heterocycles. The summed E-state index contributed by atoms with van der Waals surface area (Å²) in [6.45, 7) is 7.36. The maximum absolute atomic E-state index is 5.85. The fourth-order valence-electron chi connectivity index (χ4n) is 2.59. The predicted octanol–water partition coefficient (Wildman–Crippen LogP) is 2.67. The van der Waals surface area contributed by atoms with E-state index in [9.17, 15) is 0 Å². The van der Waals surface area contributed by atoms with Crippen molar-refractivity contribution in [2.45, 2.75) is 26.8 Å². The van der Waals surface area contributed by atoms with Crippen LogP contribution in [0.2, 0.25) is 0 Å². The fourth-order valence-corrected chi connectivity index (χ4v) is 2.59. The lowest BCUT2D eigenvalue weighted by Gasteiger charge is -2.13. The van der Waals surface area contributed by atoms with Gasteiger partial charge in [0.05, 0.1) is 19.3 Å². The molecule has 0 aliphatic carbocycles. The van der Waals surface area contributed by atoms with Crippen LogP contribution in [0.5, 0.6) is 5.75 Å². The monoisotopic (exact) mass is 501 g/mol. The lowest BCUT2D eigenvalue weighted by atomic mass is 10.1. The maximum atomic E-state index is 5.85. The SMILES string of the molecule is CCNC(=NCc1ccc(C)cc1OCCOC)NCCc1cnn(C)c1.I. The van der Waals surface area contributed by atoms with E-state index in [1.54, 1.807) is 7.11 Å². The van der Waals surface area contributed by atoms with Gasteiger partial charge in [0, 0.05) is 39.0 Å². The van der Waals surface area contributed by atoms with Gasteiger partial charge in [0.25, 0.3) is 0 Å². The van der Waals surface area contributed by atoms with Crippen molar-refractivity contribution in [3.05, 3.63) is 47.3 Å². The number of aromatic nitrogens is 2. The highest BCUT2D eigenvalue weighted by Gasteiger charge is 2.05. The lowest BCUT2D eigenvalue weighted by molar-refractivity contribution is 0.145. The number of guanidine groups is 1. The minimum atomic E-state index is 0. The van der Waals surface area contributed by atoms with E-state index in [0.717, 1.165) is 42.3 Å². The molecule has 1 aromatic carbocycles. The Bertz CT molecular complexity index is 733. The number of aryl methyl sites for hydroxylation is 2. The Balaban J connectivity index is 0.00000392. The summed E-state index contributed by atoms with van der Waals surface area (Å²) >= 11 is 0. The average molecular weight is 501 g/mol. The molecular weight excluding hydrogens is 469 g/mol. The summed E-state index contributed by atoms with van der Waals surface area (Å²) in [5.74, 6) is 1.66. The van der Waals surface area contributed by atoms with Crippen molar-refractivity contribution in [2.24, 2.45) is 12.0 Å². The molecule has 1 heterocycles. The van der Waals surface area contributed by atoms with Gasteiger partial charge in [0.15, 0.2) is 5.96 Å². The minimum absolute atomic E-state index is 0. The van der Waals surface area contributed by atoms with Crippen LogP contribution in [0.1, 0.15) is 23.6 Å². The average Bonchev–Trinajstić information content (AvgIpc) is 3.06. The Kier molecular flexibility index (Phi) is 11.6. The first-order valence-electron chi connectivity index (χ1n) is 9.33. The summed E-state index contributed by atoms with van der Waals surface area (Å²) in [6.07, 6.45) is 4.82. The number of ether oxygens (including phenoxy) is 2. The highest BCUT2D eigenvalue weighted by atomic mass is 127. The third kappa shape index (κ3) is 8.47. The molecule has 0 atom stereocenters. The van der Waals surface area contributed by atoms with Gasteiger partial charge in [-0.2, -0.15) is 5.10 Å². The minimum Gasteiger partial charge on any atom is -0.491 e. The van der Waals surface area contributed by atoms with Crippen molar-refractivity contribution in [1.29, 1.82) is 0 Å². The molecule has 0 aliphatic rings. The summed E-state index contributed by atoms with van der Waals surface area (Å²) in [4.78, 5) is 4.70. The molecule has 7 nitrogen and oxygen atoms in total. The van der Waals surface area contributed by atoms with Gasteiger partial charge >= 0.3 is 0 Å². The number of rotatable bonds is 10. The third-order valence-corrected chi connectivity index (χ3v) is 3.98. The van der Waals surface area contributed by atoms with Crippen molar-refractivity contribution < 1.29 is 9.47 Å². The molecular formula is C20H32IN5O2. The van der Waals surface area contributed by atoms with Crippen molar-refractivity contribution in [2.75, 3.05) is 33.4 Å². The molecule has 0 saturated carbocycles. The Morgan fingerprint density at radius 3 is 2.75 bits per heavy atom. The molecule has 0 bridgehead atoms. The van der Waals surface area contributed by atoms with Gasteiger partial charge in [-0.05, 0) is 37.5 Å². The molecule has 0 amide bonds. The van der Waals surface area contributed by atoms with Crippen LogP contribution in [0.25, 0.3) is 0 Å². The maximum Gasteiger partial charge on any atom is 0.191 e. The molecule has 0 spiro atoms. The molecule has 0 unspecified atom stereocenters. The first-order valence-corrected chi connectivity index (χ1v) is 9.33. The van der Waals surface area contributed by atoms with Crippen LogP contribution < -0.4 is 15.4 Å². The summed E-state index contributed by atoms with van der Waals surface area (Å²) in [6, 6.07) is 6.19. The predicted molar refractivity (Wildman–Crippen MR) is 124 cm³/mol. The number of benzene rings is 1. The van der Waals surface area contributed by atoms with Crippen LogP contribution in [-0.2, 0) is 24.8 Å². The van der Waals surface area contributed by atoms with Crippen LogP contribution in [0.4, 0.5) is 0 Å². The molecule has 2 rings (SSSR count). The van der Waals surface area contributed by atoms with Crippen LogP contribution in [0, 0.1) is 6.92 Å². The van der Waals surface area contributed by atoms with E-state index in [1.165, 1.54) is 5.56 Å². The zero-order valence-corrected chi connectivity index (χ0v) is 19.5. The van der Waals surface area contributed by atoms with E-state index in [4.69, 9.17) is 14.5 Å². The Labute approximate surface area is 184 Å². The van der Waals surface area contributed by atoms with Gasteiger partial charge in [0.1, 0.15) is 12.4 Å². The first kappa shape index (κ1) is 24.2. The number of hydrogen-bond donors (Lipinski definition) is 2. The third-order valence-electron chi connectivity index (χ3n) is 3.98. The van der Waals surface area contributed by atoms with Gasteiger partial charge in [-0.1, -0.05) is 12.1 Å². The summed E-state index contributed by atoms with van der Waals surface area (Å²) in [7, 11) is 3.60. The Morgan fingerprint density at radius 2 is 2.07 bits per heavy atom. The Hall–Kier alpha value is -1.81. The largest absolute Gasteiger partial charge is 0.491 e. The van der Waals surface area contributed by atoms with Gasteiger partial charge in [-0.25, -0.2) is 4.99 Å². The summed E-state index contributed by atoms with van der Waals surface area (Å²) in [5.41, 5.74) is 3.42. The van der Waals surface area contributed by atoms with Crippen molar-refractivity contribution in [1.82, 2.24) is 20.4 Å². The Morgan fingerprint density at radius 1 is 1.25 bits per heavy atom. The molecule has 8 heteroatoms. The number of methoxy groups -OCH3 is 1. The van der Waals surface area contributed by atoms with Gasteiger partial charge in [-0.15, -0.1) is 24.0 Å². The highest BCUT2D eigenvalue weighted by molar-refractivity contribution is 14.0. The highest BCUT2D eigenvalue weighted by Crippen LogP contribution is 2.21. The lowest BCUT2D eigenvalue weighted by Crippen LogP contribution is -2.38. The molecule has 156 valence electrons. The second-order valence-corrected chi connectivity index (χ2v) is 6.35. The van der Waals surface area contributed by atoms with E-state index in [-0.39, 0.29) is 24.0 Å². The molecule has 28 heavy (non-hydrogen) atoms. The van der Waals surface area contributed by atoms with Crippen LogP contribution >= 0.6 is 24.0 Å². The van der Waals surface area contributed by atoms with E-state index < -0.39 is 0 Å². The van der Waals surface area contributed by atoms with Gasteiger partial charge in [0.2, 0.25) is 0 Å². The molecule has 1 aromatic heterocycles. The molecule has 0 fully saturated rings. The van der Waals surface area contributed by atoms with Gasteiger partial charge in [-0.3, -0.25) is 4.68 Å². The normalized spacial score (nSPS) is 11.1. The fraction of sp³-hybridized carbons (Fsp3) is 0.500. The number of aliphatic imine (C=N–C) groups is 1. The van der Waals surface area contributed by atoms with Crippen LogP contribution in [-0.4, -0.2) is 49.2 Å². The molecule has 0 aliphatic heterocycles. The first-order chi connectivity index (χ1) is 13.1. The molecule has 2 N–H and O–H groups in total. The number of nitrogens with one attached hydrogen (secondary N) is 2. The topological polar surface area (TPSA) is 72.7 Å². The summed E-state index contributed by atoms with van der Waals surface area (Å²) < 4.78 is 12.7. The number of hydrogen-bond acceptors (Lipinski definition) is 4. The van der Waals surface area contributed by atoms with E-state index >= 15 is 0 Å². The number of nitrogens with zero attached hydrogens (tertiary/aromatic N) is 3. The smallest absolute Gasteiger partial charge is 0.191 e. The van der Waals surface area contributed by atoms with E-state index in [1.807, 2.05) is 30.2 Å². The van der Waals surface area contributed by atoms with Crippen LogP contribution in [0.15, 0.2) is 35.6 Å². The quantitative estimate of drug-likeness (QED) is 0.227. The molecule has 2 aromatic rings. The van der Waals surface area contributed by atoms with Crippen molar-refractivity contribution in [3.8, 4) is 5.75 Å². The second kappa shape index (κ2) is 13.4. The zero-order chi connectivity index (χ0) is 19.5. The van der Waals surface area contributed by atoms with Crippen molar-refractivity contribution >= 4 is 29.9 Å².